The van der Waals surface area contributed by atoms with Crippen LogP contribution in [0, 0.1) is 0 Å². The van der Waals surface area contributed by atoms with Crippen molar-refractivity contribution in [1.82, 2.24) is 5.32 Å². The van der Waals surface area contributed by atoms with Gasteiger partial charge in [-0.15, -0.1) is 0 Å². The minimum absolute atomic E-state index is 0.0714. The lowest BCUT2D eigenvalue weighted by atomic mass is 10.0. The van der Waals surface area contributed by atoms with Crippen LogP contribution in [0.3, 0.4) is 0 Å². The Morgan fingerprint density at radius 2 is 0.672 bits per heavy atom. The summed E-state index contributed by atoms with van der Waals surface area (Å²) >= 11 is 0. The Kier molecular flexibility index (Phi) is 55.8. The molecule has 0 heterocycles. The Morgan fingerprint density at radius 3 is 1.04 bits per heavy atom. The summed E-state index contributed by atoms with van der Waals surface area (Å²) in [5.41, 5.74) is 0. The van der Waals surface area contributed by atoms with Gasteiger partial charge in [0.05, 0.1) is 18.8 Å². The second-order valence-electron chi connectivity index (χ2n) is 19.7. The molecule has 0 fully saturated rings. The Bertz CT molecular complexity index is 1190. The van der Waals surface area contributed by atoms with Gasteiger partial charge in [-0.2, -0.15) is 0 Å². The van der Waals surface area contributed by atoms with Gasteiger partial charge in [-0.25, -0.2) is 0 Å². The number of aliphatic hydroxyl groups excluding tert-OH is 2. The summed E-state index contributed by atoms with van der Waals surface area (Å²) in [4.78, 5) is 12.5. The van der Waals surface area contributed by atoms with Gasteiger partial charge in [0, 0.05) is 6.42 Å². The summed E-state index contributed by atoms with van der Waals surface area (Å²) in [6.07, 6.45) is 84.8. The largest absolute Gasteiger partial charge is 0.394 e. The number of hydrogen-bond acceptors (Lipinski definition) is 3. The third-order valence-corrected chi connectivity index (χ3v) is 13.1. The summed E-state index contributed by atoms with van der Waals surface area (Å²) < 4.78 is 0. The number of amides is 1. The first-order chi connectivity index (χ1) is 33.2. The zero-order valence-electron chi connectivity index (χ0n) is 44.7. The Morgan fingerprint density at radius 1 is 0.373 bits per heavy atom. The van der Waals surface area contributed by atoms with E-state index >= 15 is 0 Å². The van der Waals surface area contributed by atoms with E-state index in [1.54, 1.807) is 6.08 Å². The topological polar surface area (TPSA) is 69.6 Å². The monoisotopic (exact) mass is 932 g/mol. The smallest absolute Gasteiger partial charge is 0.220 e. The molecule has 2 unspecified atom stereocenters. The van der Waals surface area contributed by atoms with Crippen LogP contribution in [0.25, 0.3) is 0 Å². The molecular weight excluding hydrogens is 819 g/mol. The maximum absolute atomic E-state index is 12.5. The molecule has 0 aliphatic heterocycles. The average Bonchev–Trinajstić information content (AvgIpc) is 3.33. The number of nitrogens with one attached hydrogen (secondary N) is 1. The Hall–Kier alpha value is -2.43. The van der Waals surface area contributed by atoms with Gasteiger partial charge in [-0.3, -0.25) is 4.79 Å². The van der Waals surface area contributed by atoms with Gasteiger partial charge in [-0.05, 0) is 77.0 Å². The van der Waals surface area contributed by atoms with Crippen molar-refractivity contribution in [1.29, 1.82) is 0 Å². The van der Waals surface area contributed by atoms with E-state index in [1.807, 2.05) is 6.08 Å². The molecule has 0 radical (unpaired) electrons. The molecule has 0 aromatic rings. The molecule has 4 heteroatoms. The minimum Gasteiger partial charge on any atom is -0.394 e. The van der Waals surface area contributed by atoms with Gasteiger partial charge < -0.3 is 15.5 Å². The standard InChI is InChI=1S/C63H113NO3/c1-3-5-7-9-11-13-15-17-19-21-22-23-24-25-26-27-28-29-30-31-32-33-34-35-36-37-38-39-40-41-42-43-45-47-49-51-53-55-57-59-63(67)64-61(60-65)62(66)58-56-54-52-50-48-46-44-20-18-16-14-12-10-8-6-4-2/h5,7,11,13,17,19,22-23,25-26,48,50,56,58,61-62,65-66H,3-4,6,8-10,12,14-16,18,20-21,24,27-47,49,51-55,57,59-60H2,1-2H3,(H,64,67)/b7-5-,13-11-,19-17-,23-22-,26-25-,50-48+,58-56+. The minimum atomic E-state index is -0.863. The molecular formula is C63H113NO3. The fourth-order valence-corrected chi connectivity index (χ4v) is 8.69. The SMILES string of the molecule is CC/C=C\C/C=C\C/C=C\C/C=C\C/C=C\CCCCCCCCCCCCCCCCCCCCCCCCCC(=O)NC(CO)C(O)/C=C/CC/C=C/CCCCCCCCCCCC. The maximum Gasteiger partial charge on any atom is 0.220 e. The van der Waals surface area contributed by atoms with E-state index in [4.69, 9.17) is 0 Å². The number of allylic oxidation sites excluding steroid dienone is 13. The number of hydrogen-bond donors (Lipinski definition) is 3. The van der Waals surface area contributed by atoms with Gasteiger partial charge >= 0.3 is 0 Å². The van der Waals surface area contributed by atoms with E-state index in [0.717, 1.165) is 64.2 Å². The Labute approximate surface area is 418 Å². The molecule has 1 amide bonds. The lowest BCUT2D eigenvalue weighted by Gasteiger charge is -2.19. The predicted molar refractivity (Wildman–Crippen MR) is 299 cm³/mol. The van der Waals surface area contributed by atoms with Crippen molar-refractivity contribution in [3.63, 3.8) is 0 Å². The fourth-order valence-electron chi connectivity index (χ4n) is 8.69. The zero-order chi connectivity index (χ0) is 48.5. The van der Waals surface area contributed by atoms with Crippen molar-refractivity contribution in [2.24, 2.45) is 0 Å². The van der Waals surface area contributed by atoms with Crippen LogP contribution in [0.1, 0.15) is 290 Å². The summed E-state index contributed by atoms with van der Waals surface area (Å²) in [6.45, 7) is 4.19. The summed E-state index contributed by atoms with van der Waals surface area (Å²) in [6, 6.07) is -0.640. The van der Waals surface area contributed by atoms with Crippen molar-refractivity contribution < 1.29 is 15.0 Å². The molecule has 0 rings (SSSR count). The van der Waals surface area contributed by atoms with Gasteiger partial charge in [0.25, 0.3) is 0 Å². The first kappa shape index (κ1) is 64.6. The van der Waals surface area contributed by atoms with Crippen LogP contribution < -0.4 is 5.32 Å². The van der Waals surface area contributed by atoms with Gasteiger partial charge in [0.15, 0.2) is 0 Å². The highest BCUT2D eigenvalue weighted by atomic mass is 16.3. The van der Waals surface area contributed by atoms with Gasteiger partial charge in [0.2, 0.25) is 5.91 Å². The van der Waals surface area contributed by atoms with E-state index in [0.29, 0.717) is 6.42 Å². The van der Waals surface area contributed by atoms with Gasteiger partial charge in [0.1, 0.15) is 0 Å². The number of unbranched alkanes of at least 4 members (excludes halogenated alkanes) is 34. The predicted octanol–water partition coefficient (Wildman–Crippen LogP) is 19.5. The Balaban J connectivity index is 3.45. The van der Waals surface area contributed by atoms with Crippen molar-refractivity contribution in [3.05, 3.63) is 85.1 Å². The van der Waals surface area contributed by atoms with E-state index in [1.165, 1.54) is 205 Å². The molecule has 4 nitrogen and oxygen atoms in total. The summed E-state index contributed by atoms with van der Waals surface area (Å²) in [5, 5.41) is 23.1. The maximum atomic E-state index is 12.5. The van der Waals surface area contributed by atoms with Crippen LogP contribution >= 0.6 is 0 Å². The first-order valence-electron chi connectivity index (χ1n) is 29.3. The molecule has 0 aromatic carbocycles. The van der Waals surface area contributed by atoms with Crippen molar-refractivity contribution in [2.75, 3.05) is 6.61 Å². The van der Waals surface area contributed by atoms with Gasteiger partial charge in [-0.1, -0.05) is 292 Å². The highest BCUT2D eigenvalue weighted by Crippen LogP contribution is 2.17. The van der Waals surface area contributed by atoms with E-state index in [-0.39, 0.29) is 12.5 Å². The third-order valence-electron chi connectivity index (χ3n) is 13.1. The van der Waals surface area contributed by atoms with Crippen LogP contribution in [0.4, 0.5) is 0 Å². The molecule has 0 saturated heterocycles. The van der Waals surface area contributed by atoms with E-state index < -0.39 is 12.1 Å². The van der Waals surface area contributed by atoms with Crippen LogP contribution in [0.15, 0.2) is 85.1 Å². The summed E-state index contributed by atoms with van der Waals surface area (Å²) in [7, 11) is 0. The van der Waals surface area contributed by atoms with E-state index in [9.17, 15) is 15.0 Å². The molecule has 0 spiro atoms. The lowest BCUT2D eigenvalue weighted by Crippen LogP contribution is -2.45. The number of carbonyl (C=O) groups excluding carboxylic acids is 1. The van der Waals surface area contributed by atoms with Crippen LogP contribution in [-0.2, 0) is 4.79 Å². The molecule has 0 aliphatic rings. The van der Waals surface area contributed by atoms with Crippen molar-refractivity contribution in [3.8, 4) is 0 Å². The molecule has 67 heavy (non-hydrogen) atoms. The quantitative estimate of drug-likeness (QED) is 0.0420. The molecule has 0 bridgehead atoms. The second kappa shape index (κ2) is 57.9. The highest BCUT2D eigenvalue weighted by Gasteiger charge is 2.18. The molecule has 388 valence electrons. The third kappa shape index (κ3) is 54.4. The normalized spacial score (nSPS) is 13.4. The number of carbonyl (C=O) groups is 1. The van der Waals surface area contributed by atoms with E-state index in [2.05, 4.69) is 92.1 Å². The second-order valence-corrected chi connectivity index (χ2v) is 19.7. The first-order valence-corrected chi connectivity index (χ1v) is 29.3. The average molecular weight is 933 g/mol. The molecule has 0 saturated carbocycles. The van der Waals surface area contributed by atoms with Crippen LogP contribution in [-0.4, -0.2) is 34.9 Å². The molecule has 3 N–H and O–H groups in total. The van der Waals surface area contributed by atoms with Crippen LogP contribution in [0.5, 0.6) is 0 Å². The molecule has 0 aromatic heterocycles. The summed E-state index contributed by atoms with van der Waals surface area (Å²) in [5.74, 6) is -0.0714. The van der Waals surface area contributed by atoms with Crippen molar-refractivity contribution in [2.45, 2.75) is 302 Å². The number of rotatable bonds is 53. The molecule has 0 aliphatic carbocycles. The highest BCUT2D eigenvalue weighted by molar-refractivity contribution is 5.76. The molecule has 2 atom stereocenters. The fraction of sp³-hybridized carbons (Fsp3) is 0.762. The zero-order valence-corrected chi connectivity index (χ0v) is 44.7. The lowest BCUT2D eigenvalue weighted by molar-refractivity contribution is -0.123. The van der Waals surface area contributed by atoms with Crippen LogP contribution in [0.2, 0.25) is 0 Å². The number of aliphatic hydroxyl groups is 2. The van der Waals surface area contributed by atoms with Crippen molar-refractivity contribution >= 4 is 5.91 Å².